The molecule has 1 saturated carbocycles. The molecule has 5 heteroatoms. The largest absolute Gasteiger partial charge is 0.356 e. The molecule has 0 aliphatic heterocycles. The van der Waals surface area contributed by atoms with Crippen LogP contribution < -0.4 is 5.32 Å². The second-order valence-electron chi connectivity index (χ2n) is 4.46. The lowest BCUT2D eigenvalue weighted by Crippen LogP contribution is -2.15. The van der Waals surface area contributed by atoms with Gasteiger partial charge in [0, 0.05) is 28.7 Å². The van der Waals surface area contributed by atoms with Crippen molar-refractivity contribution in [3.05, 3.63) is 40.0 Å². The summed E-state index contributed by atoms with van der Waals surface area (Å²) < 4.78 is 5.31. The summed E-state index contributed by atoms with van der Waals surface area (Å²) in [6.45, 7) is 0.742. The van der Waals surface area contributed by atoms with Crippen molar-refractivity contribution < 1.29 is 4.52 Å². The number of nitrogens with zero attached hydrogens (tertiary/aromatic N) is 1. The minimum atomic E-state index is 0.615. The molecule has 94 valence electrons. The van der Waals surface area contributed by atoms with Gasteiger partial charge in [0.15, 0.2) is 5.76 Å². The standard InChI is InChI=1S/C13H12Cl2N2O/c14-9-1-4-12(15)11(5-9)13-8(7-17-18-13)6-16-10-2-3-10/h1,4-5,7,10,16H,2-3,6H2. The zero-order valence-corrected chi connectivity index (χ0v) is 11.1. The van der Waals surface area contributed by atoms with Crippen LogP contribution in [0, 0.1) is 0 Å². The smallest absolute Gasteiger partial charge is 0.172 e. The van der Waals surface area contributed by atoms with Gasteiger partial charge in [-0.2, -0.15) is 0 Å². The molecule has 0 bridgehead atoms. The van der Waals surface area contributed by atoms with Crippen molar-refractivity contribution in [1.29, 1.82) is 0 Å². The first-order chi connectivity index (χ1) is 8.74. The first-order valence-corrected chi connectivity index (χ1v) is 6.62. The van der Waals surface area contributed by atoms with Crippen LogP contribution in [0.5, 0.6) is 0 Å². The van der Waals surface area contributed by atoms with Crippen LogP contribution in [0.15, 0.2) is 28.9 Å². The van der Waals surface area contributed by atoms with E-state index in [2.05, 4.69) is 10.5 Å². The fourth-order valence-corrected chi connectivity index (χ4v) is 2.20. The molecule has 0 radical (unpaired) electrons. The van der Waals surface area contributed by atoms with Crippen LogP contribution in [0.3, 0.4) is 0 Å². The first-order valence-electron chi connectivity index (χ1n) is 5.86. The van der Waals surface area contributed by atoms with Gasteiger partial charge in [-0.25, -0.2) is 0 Å². The van der Waals surface area contributed by atoms with Crippen molar-refractivity contribution in [3.8, 4) is 11.3 Å². The highest BCUT2D eigenvalue weighted by Gasteiger charge is 2.22. The Labute approximate surface area is 115 Å². The lowest BCUT2D eigenvalue weighted by Gasteiger charge is -2.05. The number of hydrogen-bond acceptors (Lipinski definition) is 3. The van der Waals surface area contributed by atoms with Crippen LogP contribution in [0.25, 0.3) is 11.3 Å². The second kappa shape index (κ2) is 4.92. The monoisotopic (exact) mass is 282 g/mol. The lowest BCUT2D eigenvalue weighted by atomic mass is 10.1. The Morgan fingerprint density at radius 2 is 2.17 bits per heavy atom. The molecule has 0 spiro atoms. The topological polar surface area (TPSA) is 38.1 Å². The summed E-state index contributed by atoms with van der Waals surface area (Å²) in [5.41, 5.74) is 1.79. The number of hydrogen-bond donors (Lipinski definition) is 1. The number of benzene rings is 1. The molecule has 0 atom stereocenters. The molecule has 1 aliphatic rings. The number of rotatable bonds is 4. The minimum absolute atomic E-state index is 0.615. The summed E-state index contributed by atoms with van der Waals surface area (Å²) in [6.07, 6.45) is 4.22. The second-order valence-corrected chi connectivity index (χ2v) is 5.30. The normalized spacial score (nSPS) is 15.0. The third-order valence-electron chi connectivity index (χ3n) is 2.98. The van der Waals surface area contributed by atoms with Gasteiger partial charge in [-0.15, -0.1) is 0 Å². The molecule has 1 heterocycles. The van der Waals surface area contributed by atoms with E-state index in [4.69, 9.17) is 27.7 Å². The molecule has 2 aromatic rings. The maximum absolute atomic E-state index is 6.17. The predicted molar refractivity (Wildman–Crippen MR) is 71.8 cm³/mol. The SMILES string of the molecule is Clc1ccc(Cl)c(-c2oncc2CNC2CC2)c1. The van der Waals surface area contributed by atoms with Gasteiger partial charge in [0.05, 0.1) is 11.2 Å². The average Bonchev–Trinajstić information content (AvgIpc) is 3.08. The van der Waals surface area contributed by atoms with E-state index in [1.807, 2.05) is 0 Å². The molecule has 1 aromatic carbocycles. The summed E-state index contributed by atoms with van der Waals surface area (Å²) in [4.78, 5) is 0. The fraction of sp³-hybridized carbons (Fsp3) is 0.308. The van der Waals surface area contributed by atoms with Gasteiger partial charge in [-0.3, -0.25) is 0 Å². The summed E-state index contributed by atoms with van der Waals surface area (Å²) in [6, 6.07) is 5.96. The van der Waals surface area contributed by atoms with Gasteiger partial charge in [0.1, 0.15) is 0 Å². The third kappa shape index (κ3) is 2.53. The van der Waals surface area contributed by atoms with Gasteiger partial charge >= 0.3 is 0 Å². The van der Waals surface area contributed by atoms with E-state index in [0.29, 0.717) is 21.8 Å². The predicted octanol–water partition coefficient (Wildman–Crippen LogP) is 3.90. The Morgan fingerprint density at radius 1 is 1.33 bits per heavy atom. The quantitative estimate of drug-likeness (QED) is 0.924. The Hall–Kier alpha value is -1.03. The van der Waals surface area contributed by atoms with Gasteiger partial charge in [-0.1, -0.05) is 28.4 Å². The van der Waals surface area contributed by atoms with Gasteiger partial charge in [0.2, 0.25) is 0 Å². The molecule has 0 unspecified atom stereocenters. The number of nitrogens with one attached hydrogen (secondary N) is 1. The molecular weight excluding hydrogens is 271 g/mol. The lowest BCUT2D eigenvalue weighted by molar-refractivity contribution is 0.431. The van der Waals surface area contributed by atoms with E-state index in [0.717, 1.165) is 17.7 Å². The van der Waals surface area contributed by atoms with Crippen molar-refractivity contribution in [1.82, 2.24) is 10.5 Å². The highest BCUT2D eigenvalue weighted by atomic mass is 35.5. The molecule has 1 aliphatic carbocycles. The van der Waals surface area contributed by atoms with Crippen LogP contribution in [-0.4, -0.2) is 11.2 Å². The molecule has 0 saturated heterocycles. The summed E-state index contributed by atoms with van der Waals surface area (Å²) >= 11 is 12.2. The molecule has 3 nitrogen and oxygen atoms in total. The Kier molecular flexibility index (Phi) is 3.29. The van der Waals surface area contributed by atoms with Crippen LogP contribution >= 0.6 is 23.2 Å². The first kappa shape index (κ1) is 12.0. The van der Waals surface area contributed by atoms with E-state index in [1.54, 1.807) is 24.4 Å². The summed E-state index contributed by atoms with van der Waals surface area (Å²) in [5.74, 6) is 0.690. The van der Waals surface area contributed by atoms with E-state index in [1.165, 1.54) is 12.8 Å². The molecular formula is C13H12Cl2N2O. The van der Waals surface area contributed by atoms with E-state index >= 15 is 0 Å². The molecule has 3 rings (SSSR count). The van der Waals surface area contributed by atoms with Crippen molar-refractivity contribution in [2.24, 2.45) is 0 Å². The maximum Gasteiger partial charge on any atom is 0.172 e. The fourth-order valence-electron chi connectivity index (χ4n) is 1.82. The summed E-state index contributed by atoms with van der Waals surface area (Å²) in [7, 11) is 0. The van der Waals surface area contributed by atoms with Crippen LogP contribution in [0.4, 0.5) is 0 Å². The molecule has 1 N–H and O–H groups in total. The summed E-state index contributed by atoms with van der Waals surface area (Å²) in [5, 5.41) is 8.52. The Morgan fingerprint density at radius 3 is 2.94 bits per heavy atom. The average molecular weight is 283 g/mol. The molecule has 18 heavy (non-hydrogen) atoms. The van der Waals surface area contributed by atoms with Gasteiger partial charge in [-0.05, 0) is 31.0 Å². The van der Waals surface area contributed by atoms with Crippen molar-refractivity contribution in [2.45, 2.75) is 25.4 Å². The highest BCUT2D eigenvalue weighted by Crippen LogP contribution is 2.33. The van der Waals surface area contributed by atoms with E-state index in [-0.39, 0.29) is 0 Å². The third-order valence-corrected chi connectivity index (χ3v) is 3.54. The number of halogens is 2. The minimum Gasteiger partial charge on any atom is -0.356 e. The van der Waals surface area contributed by atoms with Crippen molar-refractivity contribution in [3.63, 3.8) is 0 Å². The van der Waals surface area contributed by atoms with Gasteiger partial charge in [0.25, 0.3) is 0 Å². The van der Waals surface area contributed by atoms with Crippen LogP contribution in [0.1, 0.15) is 18.4 Å². The number of aromatic nitrogens is 1. The zero-order chi connectivity index (χ0) is 12.5. The van der Waals surface area contributed by atoms with Crippen LogP contribution in [0.2, 0.25) is 10.0 Å². The van der Waals surface area contributed by atoms with Crippen molar-refractivity contribution >= 4 is 23.2 Å². The molecule has 1 aromatic heterocycles. The highest BCUT2D eigenvalue weighted by molar-refractivity contribution is 6.35. The zero-order valence-electron chi connectivity index (χ0n) is 9.62. The molecule has 0 amide bonds. The van der Waals surface area contributed by atoms with Gasteiger partial charge < -0.3 is 9.84 Å². The Balaban J connectivity index is 1.90. The van der Waals surface area contributed by atoms with Crippen molar-refractivity contribution in [2.75, 3.05) is 0 Å². The van der Waals surface area contributed by atoms with Crippen LogP contribution in [-0.2, 0) is 6.54 Å². The van der Waals surface area contributed by atoms with E-state index < -0.39 is 0 Å². The van der Waals surface area contributed by atoms with E-state index in [9.17, 15) is 0 Å². The molecule has 1 fully saturated rings. The Bertz CT molecular complexity index is 564. The maximum atomic E-state index is 6.17.